The monoisotopic (exact) mass is 382 g/mol. The molecule has 28 heavy (non-hydrogen) atoms. The molecule has 0 amide bonds. The molecule has 3 rings (SSSR count). The molecule has 0 radical (unpaired) electrons. The molecule has 2 atom stereocenters. The summed E-state index contributed by atoms with van der Waals surface area (Å²) in [6.45, 7) is 11.1. The Labute approximate surface area is 167 Å². The number of rotatable bonds is 6. The zero-order valence-corrected chi connectivity index (χ0v) is 17.4. The maximum atomic E-state index is 10.5. The molecule has 1 aromatic carbocycles. The number of aromatic nitrogens is 2. The molecule has 2 aromatic rings. The Kier molecular flexibility index (Phi) is 5.78. The average Bonchev–Trinajstić information content (AvgIpc) is 3.15. The number of hydrogen-bond donors (Lipinski definition) is 1. The van der Waals surface area contributed by atoms with Crippen LogP contribution in [0, 0.1) is 30.6 Å². The summed E-state index contributed by atoms with van der Waals surface area (Å²) in [7, 11) is 1.94. The van der Waals surface area contributed by atoms with Crippen molar-refractivity contribution in [2.24, 2.45) is 12.5 Å². The van der Waals surface area contributed by atoms with Crippen LogP contribution in [-0.4, -0.2) is 52.1 Å². The van der Waals surface area contributed by atoms with Crippen molar-refractivity contribution >= 4 is 0 Å². The van der Waals surface area contributed by atoms with Crippen LogP contribution in [0.3, 0.4) is 0 Å². The molecule has 0 spiro atoms. The lowest BCUT2D eigenvalue weighted by atomic mass is 9.79. The second-order valence-corrected chi connectivity index (χ2v) is 8.70. The van der Waals surface area contributed by atoms with Crippen molar-refractivity contribution in [1.29, 1.82) is 5.26 Å². The highest BCUT2D eigenvalue weighted by atomic mass is 16.5. The SMILES string of the molecule is Cc1cc(C#N)cc(C)c1OCC(O)CN1CC(c2cnn(C)c2)C(C)(C)C1. The van der Waals surface area contributed by atoms with Gasteiger partial charge in [0.1, 0.15) is 18.5 Å². The molecular weight excluding hydrogens is 352 g/mol. The molecule has 1 fully saturated rings. The van der Waals surface area contributed by atoms with Gasteiger partial charge in [0.15, 0.2) is 0 Å². The van der Waals surface area contributed by atoms with Crippen LogP contribution >= 0.6 is 0 Å². The van der Waals surface area contributed by atoms with Crippen LogP contribution in [0.25, 0.3) is 0 Å². The van der Waals surface area contributed by atoms with E-state index in [1.165, 1.54) is 5.56 Å². The van der Waals surface area contributed by atoms with Gasteiger partial charge in [0.2, 0.25) is 0 Å². The number of ether oxygens (including phenoxy) is 1. The summed E-state index contributed by atoms with van der Waals surface area (Å²) in [6, 6.07) is 5.79. The highest BCUT2D eigenvalue weighted by Crippen LogP contribution is 2.42. The average molecular weight is 383 g/mol. The third-order valence-corrected chi connectivity index (χ3v) is 5.62. The Morgan fingerprint density at radius 3 is 2.61 bits per heavy atom. The summed E-state index contributed by atoms with van der Waals surface area (Å²) in [5.41, 5.74) is 3.85. The molecule has 0 saturated carbocycles. The summed E-state index contributed by atoms with van der Waals surface area (Å²) in [5, 5.41) is 23.9. The standard InChI is InChI=1S/C22H30N4O2/c1-15-6-17(8-23)7-16(2)21(15)28-13-19(27)11-26-12-20(22(3,4)14-26)18-9-24-25(5)10-18/h6-7,9-10,19-20,27H,11-14H2,1-5H3. The Morgan fingerprint density at radius 2 is 2.04 bits per heavy atom. The number of nitrogens with zero attached hydrogens (tertiary/aromatic N) is 4. The molecule has 0 bridgehead atoms. The van der Waals surface area contributed by atoms with Crippen molar-refractivity contribution in [2.75, 3.05) is 26.2 Å². The second-order valence-electron chi connectivity index (χ2n) is 8.70. The quantitative estimate of drug-likeness (QED) is 0.832. The van der Waals surface area contributed by atoms with Gasteiger partial charge in [-0.3, -0.25) is 9.58 Å². The van der Waals surface area contributed by atoms with Gasteiger partial charge in [-0.2, -0.15) is 10.4 Å². The van der Waals surface area contributed by atoms with Crippen molar-refractivity contribution in [1.82, 2.24) is 14.7 Å². The van der Waals surface area contributed by atoms with Crippen LogP contribution in [0.4, 0.5) is 0 Å². The van der Waals surface area contributed by atoms with Crippen molar-refractivity contribution in [2.45, 2.75) is 39.7 Å². The van der Waals surface area contributed by atoms with Crippen LogP contribution in [0.1, 0.15) is 42.0 Å². The summed E-state index contributed by atoms with van der Waals surface area (Å²) < 4.78 is 7.75. The molecule has 0 aliphatic carbocycles. The first-order valence-electron chi connectivity index (χ1n) is 9.72. The summed E-state index contributed by atoms with van der Waals surface area (Å²) in [5.74, 6) is 1.16. The molecule has 6 heteroatoms. The minimum absolute atomic E-state index is 0.129. The number of aryl methyl sites for hydroxylation is 3. The van der Waals surface area contributed by atoms with Gasteiger partial charge in [-0.25, -0.2) is 0 Å². The number of aliphatic hydroxyl groups excluding tert-OH is 1. The molecule has 2 unspecified atom stereocenters. The number of aliphatic hydroxyl groups is 1. The van der Waals surface area contributed by atoms with Gasteiger partial charge in [-0.05, 0) is 48.1 Å². The van der Waals surface area contributed by atoms with E-state index in [0.29, 0.717) is 18.0 Å². The molecule has 1 aromatic heterocycles. The van der Waals surface area contributed by atoms with Crippen molar-refractivity contribution in [3.05, 3.63) is 46.8 Å². The Morgan fingerprint density at radius 1 is 1.36 bits per heavy atom. The number of β-amino-alcohol motifs (C(OH)–C–C–N with tert-alkyl or cyclic N) is 1. The number of nitriles is 1. The lowest BCUT2D eigenvalue weighted by Gasteiger charge is -2.25. The normalized spacial score (nSPS) is 20.1. The fourth-order valence-electron chi connectivity index (χ4n) is 4.34. The third kappa shape index (κ3) is 4.37. The van der Waals surface area contributed by atoms with E-state index in [4.69, 9.17) is 10.00 Å². The summed E-state index contributed by atoms with van der Waals surface area (Å²) in [4.78, 5) is 2.31. The van der Waals surface area contributed by atoms with Crippen LogP contribution in [0.5, 0.6) is 5.75 Å². The van der Waals surface area contributed by atoms with E-state index in [2.05, 4.69) is 36.1 Å². The van der Waals surface area contributed by atoms with E-state index >= 15 is 0 Å². The predicted molar refractivity (Wildman–Crippen MR) is 108 cm³/mol. The number of likely N-dealkylation sites (tertiary alicyclic amines) is 1. The largest absolute Gasteiger partial charge is 0.490 e. The van der Waals surface area contributed by atoms with Crippen LogP contribution < -0.4 is 4.74 Å². The highest BCUT2D eigenvalue weighted by molar-refractivity contribution is 5.47. The van der Waals surface area contributed by atoms with Gasteiger partial charge >= 0.3 is 0 Å². The van der Waals surface area contributed by atoms with Gasteiger partial charge in [0.25, 0.3) is 0 Å². The maximum Gasteiger partial charge on any atom is 0.125 e. The Bertz CT molecular complexity index is 858. The van der Waals surface area contributed by atoms with Gasteiger partial charge in [0, 0.05) is 38.8 Å². The molecule has 1 aliphatic heterocycles. The molecule has 2 heterocycles. The number of benzene rings is 1. The van der Waals surface area contributed by atoms with Crippen molar-refractivity contribution in [3.8, 4) is 11.8 Å². The highest BCUT2D eigenvalue weighted by Gasteiger charge is 2.41. The maximum absolute atomic E-state index is 10.5. The predicted octanol–water partition coefficient (Wildman–Crippen LogP) is 2.77. The van der Waals surface area contributed by atoms with Crippen molar-refractivity contribution in [3.63, 3.8) is 0 Å². The van der Waals surface area contributed by atoms with Crippen LogP contribution in [0.15, 0.2) is 24.5 Å². The Hall–Kier alpha value is -2.36. The molecule has 150 valence electrons. The minimum atomic E-state index is -0.571. The van der Waals surface area contributed by atoms with Crippen LogP contribution in [0.2, 0.25) is 0 Å². The van der Waals surface area contributed by atoms with E-state index in [1.54, 1.807) is 0 Å². The van der Waals surface area contributed by atoms with Crippen LogP contribution in [-0.2, 0) is 7.05 Å². The zero-order valence-electron chi connectivity index (χ0n) is 17.4. The summed E-state index contributed by atoms with van der Waals surface area (Å²) >= 11 is 0. The molecule has 6 nitrogen and oxygen atoms in total. The first-order chi connectivity index (χ1) is 13.2. The van der Waals surface area contributed by atoms with Gasteiger partial charge in [-0.1, -0.05) is 13.8 Å². The Balaban J connectivity index is 1.59. The fourth-order valence-corrected chi connectivity index (χ4v) is 4.34. The topological polar surface area (TPSA) is 74.3 Å². The smallest absolute Gasteiger partial charge is 0.125 e. The number of hydrogen-bond acceptors (Lipinski definition) is 5. The fraction of sp³-hybridized carbons (Fsp3) is 0.545. The lowest BCUT2D eigenvalue weighted by molar-refractivity contribution is 0.0724. The second kappa shape index (κ2) is 7.94. The van der Waals surface area contributed by atoms with Crippen molar-refractivity contribution < 1.29 is 9.84 Å². The third-order valence-electron chi connectivity index (χ3n) is 5.62. The van der Waals surface area contributed by atoms with E-state index < -0.39 is 6.10 Å². The first-order valence-corrected chi connectivity index (χ1v) is 9.72. The van der Waals surface area contributed by atoms with Gasteiger partial charge in [-0.15, -0.1) is 0 Å². The zero-order chi connectivity index (χ0) is 20.5. The van der Waals surface area contributed by atoms with Gasteiger partial charge < -0.3 is 9.84 Å². The van der Waals surface area contributed by atoms with E-state index in [0.717, 1.165) is 30.0 Å². The van der Waals surface area contributed by atoms with Gasteiger partial charge in [0.05, 0.1) is 17.8 Å². The molecule has 1 aliphatic rings. The lowest BCUT2D eigenvalue weighted by Crippen LogP contribution is -2.35. The van der Waals surface area contributed by atoms with E-state index in [-0.39, 0.29) is 12.0 Å². The van der Waals surface area contributed by atoms with E-state index in [9.17, 15) is 5.11 Å². The first kappa shape index (κ1) is 20.4. The minimum Gasteiger partial charge on any atom is -0.490 e. The molecular formula is C22H30N4O2. The molecule has 1 N–H and O–H groups in total. The van der Waals surface area contributed by atoms with E-state index in [1.807, 2.05) is 43.9 Å². The summed E-state index contributed by atoms with van der Waals surface area (Å²) in [6.07, 6.45) is 3.47. The molecule has 1 saturated heterocycles.